The summed E-state index contributed by atoms with van der Waals surface area (Å²) in [7, 11) is 1.41. The van der Waals surface area contributed by atoms with Gasteiger partial charge in [-0.3, -0.25) is 4.68 Å². The van der Waals surface area contributed by atoms with Crippen molar-refractivity contribution in [3.8, 4) is 0 Å². The minimum Gasteiger partial charge on any atom is -0.382 e. The molecule has 0 saturated heterocycles. The topological polar surface area (TPSA) is 38.0 Å². The number of hydrogen-bond acceptors (Lipinski definition) is 2. The first-order valence-corrected chi connectivity index (χ1v) is 5.81. The van der Waals surface area contributed by atoms with E-state index < -0.39 is 29.2 Å². The molecule has 1 unspecified atom stereocenters. The number of aliphatic hydroxyl groups is 1. The molecule has 0 radical (unpaired) electrons. The second-order valence-corrected chi connectivity index (χ2v) is 4.54. The molecule has 0 amide bonds. The zero-order valence-electron chi connectivity index (χ0n) is 10.1. The van der Waals surface area contributed by atoms with E-state index in [1.165, 1.54) is 13.2 Å². The first-order valence-electron chi connectivity index (χ1n) is 5.44. The highest BCUT2D eigenvalue weighted by molar-refractivity contribution is 6.31. The lowest BCUT2D eigenvalue weighted by atomic mass is 9.99. The van der Waals surface area contributed by atoms with E-state index in [9.17, 15) is 22.7 Å². The number of alkyl halides is 3. The fraction of sp³-hybridized carbons (Fsp3) is 0.250. The zero-order chi connectivity index (χ0) is 15.1. The van der Waals surface area contributed by atoms with Gasteiger partial charge in [0.15, 0.2) is 0 Å². The van der Waals surface area contributed by atoms with Crippen molar-refractivity contribution in [3.05, 3.63) is 52.1 Å². The average Bonchev–Trinajstić information content (AvgIpc) is 2.66. The highest BCUT2D eigenvalue weighted by Crippen LogP contribution is 2.38. The van der Waals surface area contributed by atoms with Gasteiger partial charge in [-0.05, 0) is 18.2 Å². The maximum atomic E-state index is 13.2. The van der Waals surface area contributed by atoms with E-state index in [2.05, 4.69) is 5.10 Å². The predicted molar refractivity (Wildman–Crippen MR) is 63.7 cm³/mol. The van der Waals surface area contributed by atoms with Gasteiger partial charge in [-0.2, -0.15) is 18.3 Å². The van der Waals surface area contributed by atoms with Crippen molar-refractivity contribution < 1.29 is 22.7 Å². The molecule has 1 N–H and O–H groups in total. The molecule has 0 fully saturated rings. The Hall–Kier alpha value is -1.60. The van der Waals surface area contributed by atoms with Crippen molar-refractivity contribution >= 4 is 11.6 Å². The standard InChI is InChI=1S/C12H9ClF4N2O/c1-19-10(9(13)5-18-19)11(20)7-4-6(14)2-3-8(7)12(15,16)17/h2-5,11,20H,1H3. The van der Waals surface area contributed by atoms with E-state index in [0.717, 1.165) is 4.68 Å². The van der Waals surface area contributed by atoms with Gasteiger partial charge in [-0.25, -0.2) is 4.39 Å². The summed E-state index contributed by atoms with van der Waals surface area (Å²) in [4.78, 5) is 0. The summed E-state index contributed by atoms with van der Waals surface area (Å²) < 4.78 is 53.0. The summed E-state index contributed by atoms with van der Waals surface area (Å²) in [5.41, 5.74) is -1.77. The Morgan fingerprint density at radius 2 is 2.00 bits per heavy atom. The van der Waals surface area contributed by atoms with Gasteiger partial charge in [-0.1, -0.05) is 11.6 Å². The molecule has 1 aromatic heterocycles. The monoisotopic (exact) mass is 308 g/mol. The minimum atomic E-state index is -4.71. The normalized spacial score (nSPS) is 13.6. The number of halogens is 5. The molecule has 0 aliphatic carbocycles. The van der Waals surface area contributed by atoms with Crippen LogP contribution in [0, 0.1) is 5.82 Å². The number of aryl methyl sites for hydroxylation is 1. The molecule has 0 bridgehead atoms. The number of aliphatic hydroxyl groups excluding tert-OH is 1. The lowest BCUT2D eigenvalue weighted by Crippen LogP contribution is -2.15. The van der Waals surface area contributed by atoms with Crippen LogP contribution in [0.15, 0.2) is 24.4 Å². The van der Waals surface area contributed by atoms with Gasteiger partial charge < -0.3 is 5.11 Å². The lowest BCUT2D eigenvalue weighted by molar-refractivity contribution is -0.139. The molecule has 1 aromatic carbocycles. The van der Waals surface area contributed by atoms with Crippen molar-refractivity contribution in [2.24, 2.45) is 7.05 Å². The van der Waals surface area contributed by atoms with Crippen LogP contribution in [0.3, 0.4) is 0 Å². The van der Waals surface area contributed by atoms with E-state index in [1.54, 1.807) is 0 Å². The number of rotatable bonds is 2. The molecule has 108 valence electrons. The Kier molecular flexibility index (Phi) is 3.75. The van der Waals surface area contributed by atoms with Crippen molar-refractivity contribution in [3.63, 3.8) is 0 Å². The van der Waals surface area contributed by atoms with Crippen molar-refractivity contribution in [2.45, 2.75) is 12.3 Å². The SMILES string of the molecule is Cn1ncc(Cl)c1C(O)c1cc(F)ccc1C(F)(F)F. The first-order chi connectivity index (χ1) is 9.21. The second kappa shape index (κ2) is 5.06. The highest BCUT2D eigenvalue weighted by atomic mass is 35.5. The molecule has 2 aromatic rings. The fourth-order valence-corrected chi connectivity index (χ4v) is 2.16. The van der Waals surface area contributed by atoms with Crippen LogP contribution in [-0.2, 0) is 13.2 Å². The molecule has 8 heteroatoms. The molecular weight excluding hydrogens is 300 g/mol. The number of nitrogens with zero attached hydrogens (tertiary/aromatic N) is 2. The van der Waals surface area contributed by atoms with Crippen LogP contribution in [-0.4, -0.2) is 14.9 Å². The summed E-state index contributed by atoms with van der Waals surface area (Å²) in [5, 5.41) is 13.8. The first kappa shape index (κ1) is 14.8. The van der Waals surface area contributed by atoms with Crippen molar-refractivity contribution in [1.29, 1.82) is 0 Å². The Morgan fingerprint density at radius 3 is 2.50 bits per heavy atom. The van der Waals surface area contributed by atoms with Crippen LogP contribution in [0.5, 0.6) is 0 Å². The molecule has 1 atom stereocenters. The summed E-state index contributed by atoms with van der Waals surface area (Å²) in [5.74, 6) is -0.884. The van der Waals surface area contributed by atoms with E-state index in [1.807, 2.05) is 0 Å². The molecule has 3 nitrogen and oxygen atoms in total. The molecule has 0 aliphatic rings. The van der Waals surface area contributed by atoms with Crippen LogP contribution >= 0.6 is 11.6 Å². The fourth-order valence-electron chi connectivity index (χ4n) is 1.89. The van der Waals surface area contributed by atoms with Gasteiger partial charge in [0.2, 0.25) is 0 Å². The lowest BCUT2D eigenvalue weighted by Gasteiger charge is -2.18. The Morgan fingerprint density at radius 1 is 1.35 bits per heavy atom. The largest absolute Gasteiger partial charge is 0.416 e. The Bertz CT molecular complexity index is 619. The highest BCUT2D eigenvalue weighted by Gasteiger charge is 2.36. The van der Waals surface area contributed by atoms with Crippen LogP contribution in [0.1, 0.15) is 22.9 Å². The second-order valence-electron chi connectivity index (χ2n) is 4.13. The smallest absolute Gasteiger partial charge is 0.382 e. The maximum Gasteiger partial charge on any atom is 0.416 e. The third-order valence-electron chi connectivity index (χ3n) is 2.81. The van der Waals surface area contributed by atoms with Crippen LogP contribution in [0.25, 0.3) is 0 Å². The molecule has 1 heterocycles. The van der Waals surface area contributed by atoms with E-state index in [0.29, 0.717) is 18.2 Å². The molecule has 20 heavy (non-hydrogen) atoms. The van der Waals surface area contributed by atoms with E-state index in [4.69, 9.17) is 11.6 Å². The summed E-state index contributed by atoms with van der Waals surface area (Å²) in [6, 6.07) is 1.90. The molecule has 2 rings (SSSR count). The third-order valence-corrected chi connectivity index (χ3v) is 3.10. The van der Waals surface area contributed by atoms with Crippen LogP contribution in [0.2, 0.25) is 5.02 Å². The Labute approximate surface area is 116 Å². The predicted octanol–water partition coefficient (Wildman–Crippen LogP) is 3.31. The maximum absolute atomic E-state index is 13.2. The molecule has 0 spiro atoms. The summed E-state index contributed by atoms with van der Waals surface area (Å²) in [6.07, 6.45) is -5.26. The summed E-state index contributed by atoms with van der Waals surface area (Å²) >= 11 is 5.78. The third kappa shape index (κ3) is 2.64. The van der Waals surface area contributed by atoms with Gasteiger partial charge in [0.25, 0.3) is 0 Å². The molecule has 0 aliphatic heterocycles. The van der Waals surface area contributed by atoms with Crippen molar-refractivity contribution in [1.82, 2.24) is 9.78 Å². The average molecular weight is 309 g/mol. The summed E-state index contributed by atoms with van der Waals surface area (Å²) in [6.45, 7) is 0. The molecular formula is C12H9ClF4N2O. The van der Waals surface area contributed by atoms with Gasteiger partial charge >= 0.3 is 6.18 Å². The van der Waals surface area contributed by atoms with Gasteiger partial charge in [-0.15, -0.1) is 0 Å². The van der Waals surface area contributed by atoms with E-state index >= 15 is 0 Å². The van der Waals surface area contributed by atoms with Crippen LogP contribution in [0.4, 0.5) is 17.6 Å². The van der Waals surface area contributed by atoms with Gasteiger partial charge in [0.1, 0.15) is 11.9 Å². The number of benzene rings is 1. The quantitative estimate of drug-likeness (QED) is 0.864. The van der Waals surface area contributed by atoms with Gasteiger partial charge in [0.05, 0.1) is 22.5 Å². The minimum absolute atomic E-state index is 0.00242. The van der Waals surface area contributed by atoms with Crippen LogP contribution < -0.4 is 0 Å². The van der Waals surface area contributed by atoms with Crippen molar-refractivity contribution in [2.75, 3.05) is 0 Å². The molecule has 0 saturated carbocycles. The van der Waals surface area contributed by atoms with Gasteiger partial charge in [0, 0.05) is 12.6 Å². The zero-order valence-corrected chi connectivity index (χ0v) is 10.9. The number of aromatic nitrogens is 2. The Balaban J connectivity index is 2.60. The number of hydrogen-bond donors (Lipinski definition) is 1. The van der Waals surface area contributed by atoms with E-state index in [-0.39, 0.29) is 10.7 Å².